The predicted molar refractivity (Wildman–Crippen MR) is 92.3 cm³/mol. The fourth-order valence-corrected chi connectivity index (χ4v) is 5.19. The number of amides is 2. The predicted octanol–water partition coefficient (Wildman–Crippen LogP) is 1.95. The first-order chi connectivity index (χ1) is 12.0. The topological polar surface area (TPSA) is 77.3 Å². The lowest BCUT2D eigenvalue weighted by molar-refractivity contribution is -0.139. The Bertz CT molecular complexity index is 747. The molecule has 3 aliphatic rings. The van der Waals surface area contributed by atoms with Crippen LogP contribution in [0.1, 0.15) is 36.4 Å². The van der Waals surface area contributed by atoms with Gasteiger partial charge in [0.2, 0.25) is 11.8 Å². The first-order valence-corrected chi connectivity index (χ1v) is 9.81. The lowest BCUT2D eigenvalue weighted by Gasteiger charge is -2.28. The number of nitriles is 1. The number of rotatable bonds is 3. The zero-order valence-electron chi connectivity index (χ0n) is 14.4. The SMILES string of the molecule is Cc1nc(CN2C[C@@H]3CN(C(=O)C4(C#N)CCCC4)C[C@@H]3C2=O)cs1. The van der Waals surface area contributed by atoms with E-state index >= 15 is 0 Å². The molecule has 0 bridgehead atoms. The summed E-state index contributed by atoms with van der Waals surface area (Å²) in [5.74, 6) is 0.161. The van der Waals surface area contributed by atoms with Crippen molar-refractivity contribution >= 4 is 23.2 Å². The quantitative estimate of drug-likeness (QED) is 0.827. The van der Waals surface area contributed by atoms with Crippen molar-refractivity contribution in [2.24, 2.45) is 17.3 Å². The summed E-state index contributed by atoms with van der Waals surface area (Å²) < 4.78 is 0. The second-order valence-corrected chi connectivity index (χ2v) is 8.62. The van der Waals surface area contributed by atoms with E-state index in [1.807, 2.05) is 17.2 Å². The van der Waals surface area contributed by atoms with Gasteiger partial charge in [-0.3, -0.25) is 9.59 Å². The Morgan fingerprint density at radius 2 is 2.16 bits per heavy atom. The third-order valence-electron chi connectivity index (χ3n) is 5.91. The Labute approximate surface area is 151 Å². The maximum atomic E-state index is 12.9. The molecule has 1 aromatic heterocycles. The van der Waals surface area contributed by atoms with Crippen LogP contribution in [0.4, 0.5) is 0 Å². The molecule has 3 fully saturated rings. The van der Waals surface area contributed by atoms with E-state index in [0.717, 1.165) is 23.5 Å². The number of aromatic nitrogens is 1. The van der Waals surface area contributed by atoms with Crippen LogP contribution in [0.3, 0.4) is 0 Å². The summed E-state index contributed by atoms with van der Waals surface area (Å²) >= 11 is 1.60. The summed E-state index contributed by atoms with van der Waals surface area (Å²) in [5, 5.41) is 12.5. The molecule has 7 heteroatoms. The average molecular weight is 358 g/mol. The van der Waals surface area contributed by atoms with Crippen LogP contribution >= 0.6 is 11.3 Å². The number of fused-ring (bicyclic) bond motifs is 1. The van der Waals surface area contributed by atoms with Crippen molar-refractivity contribution in [3.63, 3.8) is 0 Å². The Morgan fingerprint density at radius 3 is 2.76 bits per heavy atom. The molecule has 2 amide bonds. The largest absolute Gasteiger partial charge is 0.340 e. The first-order valence-electron chi connectivity index (χ1n) is 8.93. The van der Waals surface area contributed by atoms with Crippen LogP contribution in [0.2, 0.25) is 0 Å². The van der Waals surface area contributed by atoms with Crippen molar-refractivity contribution < 1.29 is 9.59 Å². The molecule has 6 nitrogen and oxygen atoms in total. The standard InChI is InChI=1S/C18H22N4O2S/c1-12-20-14(10-25-12)8-21-6-13-7-22(9-15(13)16(21)23)17(24)18(11-19)4-2-3-5-18/h10,13,15H,2-9H2,1H3/t13-,15+/m1/s1. The third-order valence-corrected chi connectivity index (χ3v) is 6.73. The van der Waals surface area contributed by atoms with Gasteiger partial charge in [0.15, 0.2) is 0 Å². The van der Waals surface area contributed by atoms with E-state index in [2.05, 4.69) is 11.1 Å². The summed E-state index contributed by atoms with van der Waals surface area (Å²) in [7, 11) is 0. The molecule has 2 atom stereocenters. The molecule has 132 valence electrons. The van der Waals surface area contributed by atoms with Crippen molar-refractivity contribution in [3.05, 3.63) is 16.1 Å². The Kier molecular flexibility index (Phi) is 4.03. The number of hydrogen-bond acceptors (Lipinski definition) is 5. The van der Waals surface area contributed by atoms with E-state index in [1.54, 1.807) is 16.2 Å². The molecule has 2 saturated heterocycles. The summed E-state index contributed by atoms with van der Waals surface area (Å²) in [6, 6.07) is 2.28. The summed E-state index contributed by atoms with van der Waals surface area (Å²) in [4.78, 5) is 33.7. The minimum Gasteiger partial charge on any atom is -0.340 e. The first kappa shape index (κ1) is 16.5. The van der Waals surface area contributed by atoms with Crippen LogP contribution in [0, 0.1) is 35.5 Å². The molecular formula is C18H22N4O2S. The summed E-state index contributed by atoms with van der Waals surface area (Å²) in [6.45, 7) is 4.28. The van der Waals surface area contributed by atoms with Gasteiger partial charge in [0, 0.05) is 30.9 Å². The molecule has 0 unspecified atom stereocenters. The van der Waals surface area contributed by atoms with Gasteiger partial charge in [-0.15, -0.1) is 11.3 Å². The highest BCUT2D eigenvalue weighted by Crippen LogP contribution is 2.42. The van der Waals surface area contributed by atoms with Gasteiger partial charge in [-0.2, -0.15) is 5.26 Å². The maximum absolute atomic E-state index is 12.9. The fourth-order valence-electron chi connectivity index (χ4n) is 4.58. The number of likely N-dealkylation sites (tertiary alicyclic amines) is 2. The lowest BCUT2D eigenvalue weighted by atomic mass is 9.86. The van der Waals surface area contributed by atoms with E-state index in [-0.39, 0.29) is 23.7 Å². The van der Waals surface area contributed by atoms with Crippen LogP contribution in [-0.4, -0.2) is 46.2 Å². The van der Waals surface area contributed by atoms with Gasteiger partial charge in [0.05, 0.1) is 29.2 Å². The number of carbonyl (C=O) groups excluding carboxylic acids is 2. The fraction of sp³-hybridized carbons (Fsp3) is 0.667. The molecule has 25 heavy (non-hydrogen) atoms. The zero-order valence-corrected chi connectivity index (χ0v) is 15.2. The van der Waals surface area contributed by atoms with Gasteiger partial charge < -0.3 is 9.80 Å². The van der Waals surface area contributed by atoms with E-state index in [0.29, 0.717) is 39.0 Å². The molecule has 0 aromatic carbocycles. The van der Waals surface area contributed by atoms with Gasteiger partial charge in [-0.05, 0) is 19.8 Å². The van der Waals surface area contributed by atoms with E-state index in [1.165, 1.54) is 0 Å². The highest BCUT2D eigenvalue weighted by Gasteiger charge is 2.51. The second-order valence-electron chi connectivity index (χ2n) is 7.55. The normalized spacial score (nSPS) is 27.6. The summed E-state index contributed by atoms with van der Waals surface area (Å²) in [5.41, 5.74) is 0.109. The Balaban J connectivity index is 1.42. The van der Waals surface area contributed by atoms with E-state index < -0.39 is 5.41 Å². The number of aryl methyl sites for hydroxylation is 1. The number of carbonyl (C=O) groups is 2. The van der Waals surface area contributed by atoms with Crippen molar-refractivity contribution in [2.45, 2.75) is 39.2 Å². The van der Waals surface area contributed by atoms with Crippen molar-refractivity contribution in [1.82, 2.24) is 14.8 Å². The maximum Gasteiger partial charge on any atom is 0.243 e. The second kappa shape index (κ2) is 6.10. The smallest absolute Gasteiger partial charge is 0.243 e. The molecule has 1 aromatic rings. The minimum absolute atomic E-state index is 0.0450. The van der Waals surface area contributed by atoms with E-state index in [9.17, 15) is 14.9 Å². The van der Waals surface area contributed by atoms with E-state index in [4.69, 9.17) is 0 Å². The third kappa shape index (κ3) is 2.73. The van der Waals surface area contributed by atoms with Crippen LogP contribution in [0.5, 0.6) is 0 Å². The molecule has 4 rings (SSSR count). The van der Waals surface area contributed by atoms with Crippen LogP contribution < -0.4 is 0 Å². The zero-order chi connectivity index (χ0) is 17.6. The molecule has 1 saturated carbocycles. The van der Waals surface area contributed by atoms with Crippen LogP contribution in [0.25, 0.3) is 0 Å². The van der Waals surface area contributed by atoms with Crippen molar-refractivity contribution in [3.8, 4) is 6.07 Å². The molecular weight excluding hydrogens is 336 g/mol. The van der Waals surface area contributed by atoms with Crippen molar-refractivity contribution in [2.75, 3.05) is 19.6 Å². The minimum atomic E-state index is -0.834. The van der Waals surface area contributed by atoms with Crippen LogP contribution in [-0.2, 0) is 16.1 Å². The van der Waals surface area contributed by atoms with Gasteiger partial charge in [0.1, 0.15) is 5.41 Å². The lowest BCUT2D eigenvalue weighted by Crippen LogP contribution is -2.42. The van der Waals surface area contributed by atoms with Crippen LogP contribution in [0.15, 0.2) is 5.38 Å². The van der Waals surface area contributed by atoms with Gasteiger partial charge in [-0.25, -0.2) is 4.98 Å². The molecule has 1 aliphatic carbocycles. The average Bonchev–Trinajstić information content (AvgIpc) is 3.35. The highest BCUT2D eigenvalue weighted by atomic mass is 32.1. The van der Waals surface area contributed by atoms with Gasteiger partial charge in [0.25, 0.3) is 0 Å². The molecule has 0 N–H and O–H groups in total. The Morgan fingerprint density at radius 1 is 1.40 bits per heavy atom. The number of nitrogens with zero attached hydrogens (tertiary/aromatic N) is 4. The number of thiazole rings is 1. The van der Waals surface area contributed by atoms with Gasteiger partial charge in [-0.1, -0.05) is 12.8 Å². The highest BCUT2D eigenvalue weighted by molar-refractivity contribution is 7.09. The molecule has 0 radical (unpaired) electrons. The summed E-state index contributed by atoms with van der Waals surface area (Å²) in [6.07, 6.45) is 3.22. The molecule has 2 aliphatic heterocycles. The van der Waals surface area contributed by atoms with Gasteiger partial charge >= 0.3 is 0 Å². The van der Waals surface area contributed by atoms with Crippen molar-refractivity contribution in [1.29, 1.82) is 5.26 Å². The Hall–Kier alpha value is -1.94. The number of hydrogen-bond donors (Lipinski definition) is 0. The monoisotopic (exact) mass is 358 g/mol. The molecule has 0 spiro atoms. The molecule has 3 heterocycles.